The van der Waals surface area contributed by atoms with Crippen molar-refractivity contribution in [3.8, 4) is 5.75 Å². The molecule has 0 aliphatic rings. The molecule has 0 aromatic heterocycles. The normalized spacial score (nSPS) is 13.5. The van der Waals surface area contributed by atoms with Crippen LogP contribution < -0.4 is 10.5 Å². The van der Waals surface area contributed by atoms with Crippen LogP contribution in [0.5, 0.6) is 5.75 Å². The summed E-state index contributed by atoms with van der Waals surface area (Å²) >= 11 is 0. The third-order valence-electron chi connectivity index (χ3n) is 1.84. The van der Waals surface area contributed by atoms with Gasteiger partial charge in [-0.2, -0.15) is 13.2 Å². The van der Waals surface area contributed by atoms with Crippen LogP contribution in [0.15, 0.2) is 24.3 Å². The molecule has 0 aliphatic carbocycles. The highest BCUT2D eigenvalue weighted by Crippen LogP contribution is 2.25. The van der Waals surface area contributed by atoms with Gasteiger partial charge in [0.25, 0.3) is 0 Å². The minimum Gasteiger partial charge on any atom is -0.478 e. The van der Waals surface area contributed by atoms with Gasteiger partial charge in [0.1, 0.15) is 5.75 Å². The van der Waals surface area contributed by atoms with Crippen molar-refractivity contribution in [3.63, 3.8) is 0 Å². The van der Waals surface area contributed by atoms with Crippen molar-refractivity contribution in [2.45, 2.75) is 12.3 Å². The lowest BCUT2D eigenvalue weighted by molar-refractivity contribution is -0.206. The van der Waals surface area contributed by atoms with Crippen molar-refractivity contribution >= 4 is 5.69 Å². The fourth-order valence-electron chi connectivity index (χ4n) is 1.06. The topological polar surface area (TPSA) is 44.5 Å². The maximum Gasteiger partial charge on any atom is 0.427 e. The van der Waals surface area contributed by atoms with Crippen LogP contribution in [0.3, 0.4) is 0 Å². The summed E-state index contributed by atoms with van der Waals surface area (Å²) < 4.78 is 46.6. The van der Waals surface area contributed by atoms with Gasteiger partial charge >= 0.3 is 6.18 Å². The molecule has 0 heterocycles. The standard InChI is InChI=1S/C10H12F3NO2/c1-15-6-9(10(11,12)13)16-8-4-2-7(14)3-5-8/h2-5,9H,6,14H2,1H3. The number of alkyl halides is 3. The lowest BCUT2D eigenvalue weighted by Crippen LogP contribution is -2.38. The van der Waals surface area contributed by atoms with E-state index in [4.69, 9.17) is 10.5 Å². The molecule has 1 aromatic rings. The molecular formula is C10H12F3NO2. The van der Waals surface area contributed by atoms with E-state index >= 15 is 0 Å². The molecular weight excluding hydrogens is 223 g/mol. The van der Waals surface area contributed by atoms with Gasteiger partial charge in [-0.3, -0.25) is 0 Å². The first kappa shape index (κ1) is 12.6. The van der Waals surface area contributed by atoms with E-state index in [2.05, 4.69) is 4.74 Å². The maximum atomic E-state index is 12.4. The fraction of sp³-hybridized carbons (Fsp3) is 0.400. The van der Waals surface area contributed by atoms with Gasteiger partial charge in [-0.25, -0.2) is 0 Å². The predicted octanol–water partition coefficient (Wildman–Crippen LogP) is 2.22. The van der Waals surface area contributed by atoms with E-state index in [0.717, 1.165) is 0 Å². The predicted molar refractivity (Wildman–Crippen MR) is 53.2 cm³/mol. The molecule has 0 fully saturated rings. The summed E-state index contributed by atoms with van der Waals surface area (Å²) in [5, 5.41) is 0. The molecule has 1 aromatic carbocycles. The first-order valence-electron chi connectivity index (χ1n) is 4.51. The molecule has 0 radical (unpaired) electrons. The summed E-state index contributed by atoms with van der Waals surface area (Å²) in [5.41, 5.74) is 5.86. The number of rotatable bonds is 4. The molecule has 0 amide bonds. The molecule has 0 saturated carbocycles. The summed E-state index contributed by atoms with van der Waals surface area (Å²) in [5.74, 6) is 0.105. The van der Waals surface area contributed by atoms with E-state index in [1.54, 1.807) is 0 Å². The molecule has 1 atom stereocenters. The number of nitrogen functional groups attached to an aromatic ring is 1. The van der Waals surface area contributed by atoms with Crippen molar-refractivity contribution in [2.75, 3.05) is 19.5 Å². The molecule has 1 unspecified atom stereocenters. The Balaban J connectivity index is 2.72. The summed E-state index contributed by atoms with van der Waals surface area (Å²) in [4.78, 5) is 0. The van der Waals surface area contributed by atoms with Gasteiger partial charge in [0.2, 0.25) is 6.10 Å². The van der Waals surface area contributed by atoms with E-state index in [-0.39, 0.29) is 5.75 Å². The summed E-state index contributed by atoms with van der Waals surface area (Å²) in [6, 6.07) is 5.69. The third kappa shape index (κ3) is 3.62. The number of methoxy groups -OCH3 is 1. The summed E-state index contributed by atoms with van der Waals surface area (Å²) in [6.45, 7) is -0.548. The van der Waals surface area contributed by atoms with Crippen LogP contribution in [-0.4, -0.2) is 26.0 Å². The fourth-order valence-corrected chi connectivity index (χ4v) is 1.06. The highest BCUT2D eigenvalue weighted by molar-refractivity contribution is 5.41. The van der Waals surface area contributed by atoms with Crippen LogP contribution in [0.4, 0.5) is 18.9 Å². The van der Waals surface area contributed by atoms with Gasteiger partial charge in [0.05, 0.1) is 6.61 Å². The molecule has 2 N–H and O–H groups in total. The van der Waals surface area contributed by atoms with Crippen LogP contribution in [-0.2, 0) is 4.74 Å². The minimum atomic E-state index is -4.46. The van der Waals surface area contributed by atoms with E-state index in [1.165, 1.54) is 31.4 Å². The average Bonchev–Trinajstić information content (AvgIpc) is 2.19. The van der Waals surface area contributed by atoms with Crippen molar-refractivity contribution in [1.82, 2.24) is 0 Å². The van der Waals surface area contributed by atoms with E-state index in [0.29, 0.717) is 5.69 Å². The van der Waals surface area contributed by atoms with Crippen molar-refractivity contribution in [1.29, 1.82) is 0 Å². The first-order valence-corrected chi connectivity index (χ1v) is 4.51. The van der Waals surface area contributed by atoms with Crippen LogP contribution in [0.2, 0.25) is 0 Å². The van der Waals surface area contributed by atoms with Crippen LogP contribution in [0.25, 0.3) is 0 Å². The SMILES string of the molecule is COCC(Oc1ccc(N)cc1)C(F)(F)F. The molecule has 3 nitrogen and oxygen atoms in total. The van der Waals surface area contributed by atoms with Crippen LogP contribution in [0.1, 0.15) is 0 Å². The molecule has 0 bridgehead atoms. The Kier molecular flexibility index (Phi) is 4.00. The Morgan fingerprint density at radius 3 is 2.25 bits per heavy atom. The van der Waals surface area contributed by atoms with E-state index in [9.17, 15) is 13.2 Å². The highest BCUT2D eigenvalue weighted by Gasteiger charge is 2.41. The first-order chi connectivity index (χ1) is 7.43. The van der Waals surface area contributed by atoms with Gasteiger partial charge in [-0.1, -0.05) is 0 Å². The Morgan fingerprint density at radius 2 is 1.81 bits per heavy atom. The monoisotopic (exact) mass is 235 g/mol. The molecule has 6 heteroatoms. The number of halogens is 3. The second kappa shape index (κ2) is 5.07. The number of ether oxygens (including phenoxy) is 2. The third-order valence-corrected chi connectivity index (χ3v) is 1.84. The summed E-state index contributed by atoms with van der Waals surface area (Å²) in [6.07, 6.45) is -6.43. The van der Waals surface area contributed by atoms with Gasteiger partial charge < -0.3 is 15.2 Å². The minimum absolute atomic E-state index is 0.105. The Morgan fingerprint density at radius 1 is 1.25 bits per heavy atom. The highest BCUT2D eigenvalue weighted by atomic mass is 19.4. The number of benzene rings is 1. The zero-order chi connectivity index (χ0) is 12.2. The van der Waals surface area contributed by atoms with Crippen LogP contribution in [0, 0.1) is 0 Å². The average molecular weight is 235 g/mol. The number of nitrogens with two attached hydrogens (primary N) is 1. The quantitative estimate of drug-likeness (QED) is 0.814. The van der Waals surface area contributed by atoms with Gasteiger partial charge in [-0.15, -0.1) is 0 Å². The summed E-state index contributed by atoms with van der Waals surface area (Å²) in [7, 11) is 1.19. The second-order valence-corrected chi connectivity index (χ2v) is 3.17. The van der Waals surface area contributed by atoms with Crippen molar-refractivity contribution in [3.05, 3.63) is 24.3 Å². The lowest BCUT2D eigenvalue weighted by atomic mass is 10.3. The smallest absolute Gasteiger partial charge is 0.427 e. The van der Waals surface area contributed by atoms with Gasteiger partial charge in [-0.05, 0) is 24.3 Å². The second-order valence-electron chi connectivity index (χ2n) is 3.17. The van der Waals surface area contributed by atoms with Crippen molar-refractivity contribution < 1.29 is 22.6 Å². The van der Waals surface area contributed by atoms with Crippen LogP contribution >= 0.6 is 0 Å². The van der Waals surface area contributed by atoms with Gasteiger partial charge in [0, 0.05) is 12.8 Å². The van der Waals surface area contributed by atoms with Gasteiger partial charge in [0.15, 0.2) is 0 Å². The molecule has 0 saturated heterocycles. The largest absolute Gasteiger partial charge is 0.478 e. The lowest BCUT2D eigenvalue weighted by Gasteiger charge is -2.20. The zero-order valence-electron chi connectivity index (χ0n) is 8.62. The van der Waals surface area contributed by atoms with E-state index in [1.807, 2.05) is 0 Å². The van der Waals surface area contributed by atoms with E-state index < -0.39 is 18.9 Å². The molecule has 0 aliphatic heterocycles. The van der Waals surface area contributed by atoms with Crippen molar-refractivity contribution in [2.24, 2.45) is 0 Å². The molecule has 16 heavy (non-hydrogen) atoms. The number of hydrogen-bond acceptors (Lipinski definition) is 3. The Labute approximate surface area is 91.0 Å². The molecule has 90 valence electrons. The molecule has 1 rings (SSSR count). The number of anilines is 1. The Hall–Kier alpha value is -1.43. The zero-order valence-corrected chi connectivity index (χ0v) is 8.62. The molecule has 0 spiro atoms. The maximum absolute atomic E-state index is 12.4. The Bertz CT molecular complexity index is 324. The number of hydrogen-bond donors (Lipinski definition) is 1.